The van der Waals surface area contributed by atoms with Crippen LogP contribution in [0.4, 0.5) is 4.79 Å². The molecule has 0 rings (SSSR count). The molecule has 0 bridgehead atoms. The van der Waals surface area contributed by atoms with E-state index in [1.165, 1.54) is 0 Å². The van der Waals surface area contributed by atoms with Crippen LogP contribution in [-0.4, -0.2) is 42.5 Å². The SMILES string of the molecule is CC(C)NC(=O)[C@H](CCCNC(N)=O)NC(=O)[C@@H](N)C(C)C. The van der Waals surface area contributed by atoms with E-state index in [4.69, 9.17) is 11.5 Å². The summed E-state index contributed by atoms with van der Waals surface area (Å²) in [7, 11) is 0. The second-order valence-corrected chi connectivity index (χ2v) is 5.93. The lowest BCUT2D eigenvalue weighted by atomic mass is 10.0. The van der Waals surface area contributed by atoms with Crippen LogP contribution in [0.25, 0.3) is 0 Å². The van der Waals surface area contributed by atoms with E-state index in [0.717, 1.165) is 0 Å². The van der Waals surface area contributed by atoms with Crippen molar-refractivity contribution in [2.75, 3.05) is 6.54 Å². The first-order valence-corrected chi connectivity index (χ1v) is 7.54. The van der Waals surface area contributed by atoms with E-state index in [1.54, 1.807) is 0 Å². The summed E-state index contributed by atoms with van der Waals surface area (Å²) in [5.41, 5.74) is 10.8. The fourth-order valence-corrected chi connectivity index (χ4v) is 1.74. The predicted octanol–water partition coefficient (Wildman–Crippen LogP) is -0.572. The standard InChI is InChI=1S/C14H29N5O3/c1-8(2)11(15)13(21)19-10(12(20)18-9(3)4)6-5-7-17-14(16)22/h8-11H,5-7,15H2,1-4H3,(H,18,20)(H,19,21)(H3,16,17,22)/t10-,11-/m0/s1. The third-order valence-electron chi connectivity index (χ3n) is 3.05. The Bertz CT molecular complexity index is 385. The minimum absolute atomic E-state index is 0.0228. The maximum absolute atomic E-state index is 12.1. The summed E-state index contributed by atoms with van der Waals surface area (Å²) in [4.78, 5) is 34.8. The summed E-state index contributed by atoms with van der Waals surface area (Å²) >= 11 is 0. The first-order valence-electron chi connectivity index (χ1n) is 7.54. The minimum atomic E-state index is -0.686. The lowest BCUT2D eigenvalue weighted by molar-refractivity contribution is -0.130. The Kier molecular flexibility index (Phi) is 9.16. The lowest BCUT2D eigenvalue weighted by Gasteiger charge is -2.23. The lowest BCUT2D eigenvalue weighted by Crippen LogP contribution is -2.53. The fourth-order valence-electron chi connectivity index (χ4n) is 1.74. The summed E-state index contributed by atoms with van der Waals surface area (Å²) in [5, 5.41) is 7.88. The molecule has 2 atom stereocenters. The van der Waals surface area contributed by atoms with Crippen LogP contribution in [0.3, 0.4) is 0 Å². The van der Waals surface area contributed by atoms with Gasteiger partial charge in [-0.3, -0.25) is 9.59 Å². The van der Waals surface area contributed by atoms with E-state index >= 15 is 0 Å². The summed E-state index contributed by atoms with van der Waals surface area (Å²) < 4.78 is 0. The highest BCUT2D eigenvalue weighted by Crippen LogP contribution is 2.02. The zero-order chi connectivity index (χ0) is 17.3. The molecule has 4 amide bonds. The molecule has 0 saturated heterocycles. The Labute approximate surface area is 131 Å². The molecule has 0 aliphatic rings. The van der Waals surface area contributed by atoms with Gasteiger partial charge in [0, 0.05) is 12.6 Å². The van der Waals surface area contributed by atoms with Crippen LogP contribution in [0.2, 0.25) is 0 Å². The van der Waals surface area contributed by atoms with E-state index in [0.29, 0.717) is 19.4 Å². The van der Waals surface area contributed by atoms with Crippen molar-refractivity contribution in [1.29, 1.82) is 0 Å². The number of amides is 4. The van der Waals surface area contributed by atoms with Crippen molar-refractivity contribution in [2.45, 2.75) is 58.7 Å². The quantitative estimate of drug-likeness (QED) is 0.363. The van der Waals surface area contributed by atoms with E-state index in [-0.39, 0.29) is 23.8 Å². The molecular weight excluding hydrogens is 286 g/mol. The summed E-state index contributed by atoms with van der Waals surface area (Å²) in [6.07, 6.45) is 0.895. The Morgan fingerprint density at radius 2 is 1.59 bits per heavy atom. The first kappa shape index (κ1) is 20.2. The van der Waals surface area contributed by atoms with Crippen molar-refractivity contribution in [3.05, 3.63) is 0 Å². The largest absolute Gasteiger partial charge is 0.352 e. The number of carbonyl (C=O) groups is 3. The van der Waals surface area contributed by atoms with Gasteiger partial charge in [-0.15, -0.1) is 0 Å². The molecule has 0 aliphatic carbocycles. The normalized spacial score (nSPS) is 13.6. The van der Waals surface area contributed by atoms with Gasteiger partial charge in [-0.25, -0.2) is 4.79 Å². The zero-order valence-electron chi connectivity index (χ0n) is 13.8. The highest BCUT2D eigenvalue weighted by molar-refractivity contribution is 5.89. The summed E-state index contributed by atoms with van der Waals surface area (Å²) in [6, 6.07) is -2.00. The van der Waals surface area contributed by atoms with Crippen molar-refractivity contribution < 1.29 is 14.4 Å². The van der Waals surface area contributed by atoms with Crippen LogP contribution in [0.1, 0.15) is 40.5 Å². The van der Waals surface area contributed by atoms with Gasteiger partial charge in [-0.2, -0.15) is 0 Å². The third-order valence-corrected chi connectivity index (χ3v) is 3.05. The van der Waals surface area contributed by atoms with Gasteiger partial charge in [0.1, 0.15) is 6.04 Å². The second-order valence-electron chi connectivity index (χ2n) is 5.93. The molecule has 0 unspecified atom stereocenters. The van der Waals surface area contributed by atoms with Crippen LogP contribution in [0.5, 0.6) is 0 Å². The number of hydrogen-bond acceptors (Lipinski definition) is 4. The van der Waals surface area contributed by atoms with Crippen molar-refractivity contribution in [3.8, 4) is 0 Å². The number of carbonyl (C=O) groups excluding carboxylic acids is 3. The summed E-state index contributed by atoms with van der Waals surface area (Å²) in [5.74, 6) is -0.648. The molecule has 0 aromatic carbocycles. The van der Waals surface area contributed by atoms with Crippen molar-refractivity contribution in [2.24, 2.45) is 17.4 Å². The van der Waals surface area contributed by atoms with Crippen molar-refractivity contribution >= 4 is 17.8 Å². The monoisotopic (exact) mass is 315 g/mol. The van der Waals surface area contributed by atoms with Crippen molar-refractivity contribution in [3.63, 3.8) is 0 Å². The van der Waals surface area contributed by atoms with E-state index in [2.05, 4.69) is 16.0 Å². The van der Waals surface area contributed by atoms with Crippen molar-refractivity contribution in [1.82, 2.24) is 16.0 Å². The molecule has 0 spiro atoms. The van der Waals surface area contributed by atoms with Crippen LogP contribution in [0.15, 0.2) is 0 Å². The van der Waals surface area contributed by atoms with E-state index < -0.39 is 18.1 Å². The molecule has 0 aromatic rings. The molecule has 7 N–H and O–H groups in total. The number of urea groups is 1. The maximum atomic E-state index is 12.1. The molecular formula is C14H29N5O3. The molecule has 8 nitrogen and oxygen atoms in total. The Morgan fingerprint density at radius 3 is 2.05 bits per heavy atom. The number of nitrogens with two attached hydrogens (primary N) is 2. The number of nitrogens with one attached hydrogen (secondary N) is 3. The number of rotatable bonds is 9. The molecule has 0 radical (unpaired) electrons. The van der Waals surface area contributed by atoms with E-state index in [1.807, 2.05) is 27.7 Å². The molecule has 0 aliphatic heterocycles. The van der Waals surface area contributed by atoms with Gasteiger partial charge in [0.25, 0.3) is 0 Å². The van der Waals surface area contributed by atoms with Crippen LogP contribution >= 0.6 is 0 Å². The Balaban J connectivity index is 4.61. The molecule has 0 fully saturated rings. The maximum Gasteiger partial charge on any atom is 0.312 e. The average Bonchev–Trinajstić information content (AvgIpc) is 2.39. The van der Waals surface area contributed by atoms with Gasteiger partial charge in [0.2, 0.25) is 11.8 Å². The highest BCUT2D eigenvalue weighted by Gasteiger charge is 2.25. The van der Waals surface area contributed by atoms with E-state index in [9.17, 15) is 14.4 Å². The number of primary amides is 1. The predicted molar refractivity (Wildman–Crippen MR) is 84.8 cm³/mol. The number of hydrogen-bond donors (Lipinski definition) is 5. The highest BCUT2D eigenvalue weighted by atomic mass is 16.2. The van der Waals surface area contributed by atoms with Gasteiger partial charge in [-0.1, -0.05) is 13.8 Å². The Hall–Kier alpha value is -1.83. The Morgan fingerprint density at radius 1 is 1.00 bits per heavy atom. The van der Waals surface area contributed by atoms with Crippen LogP contribution in [0, 0.1) is 5.92 Å². The molecule has 0 heterocycles. The molecule has 128 valence electrons. The average molecular weight is 315 g/mol. The van der Waals surface area contributed by atoms with Crippen LogP contribution < -0.4 is 27.4 Å². The van der Waals surface area contributed by atoms with Gasteiger partial charge < -0.3 is 27.4 Å². The van der Waals surface area contributed by atoms with Gasteiger partial charge in [-0.05, 0) is 32.6 Å². The fraction of sp³-hybridized carbons (Fsp3) is 0.786. The molecule has 0 saturated carbocycles. The molecule has 8 heteroatoms. The second kappa shape index (κ2) is 9.99. The minimum Gasteiger partial charge on any atom is -0.352 e. The van der Waals surface area contributed by atoms with Gasteiger partial charge >= 0.3 is 6.03 Å². The van der Waals surface area contributed by atoms with Gasteiger partial charge in [0.15, 0.2) is 0 Å². The smallest absolute Gasteiger partial charge is 0.312 e. The molecule has 22 heavy (non-hydrogen) atoms. The molecule has 0 aromatic heterocycles. The van der Waals surface area contributed by atoms with Gasteiger partial charge in [0.05, 0.1) is 6.04 Å². The summed E-state index contributed by atoms with van der Waals surface area (Å²) in [6.45, 7) is 7.69. The first-order chi connectivity index (χ1) is 10.1. The topological polar surface area (TPSA) is 139 Å². The van der Waals surface area contributed by atoms with Crippen LogP contribution in [-0.2, 0) is 9.59 Å². The zero-order valence-corrected chi connectivity index (χ0v) is 13.8. The third kappa shape index (κ3) is 8.46.